The van der Waals surface area contributed by atoms with E-state index in [9.17, 15) is 8.78 Å². The van der Waals surface area contributed by atoms with Crippen LogP contribution in [0.15, 0.2) is 53.9 Å². The first-order chi connectivity index (χ1) is 14.9. The van der Waals surface area contributed by atoms with Gasteiger partial charge in [-0.25, -0.2) is 19.2 Å². The molecule has 9 heteroatoms. The van der Waals surface area contributed by atoms with Crippen LogP contribution in [0.25, 0.3) is 11.2 Å². The number of aliphatic imine (C=N–C) groups is 1. The van der Waals surface area contributed by atoms with Gasteiger partial charge >= 0.3 is 0 Å². The number of imidazole rings is 1. The number of nitrogens with one attached hydrogen (secondary N) is 3. The Balaban J connectivity index is 1.72. The Morgan fingerprint density at radius 2 is 2.06 bits per heavy atom. The second kappa shape index (κ2) is 8.27. The predicted octanol–water partition coefficient (Wildman–Crippen LogP) is 3.83. The largest absolute Gasteiger partial charge is 0.484 e. The standard InChI is InChI=1S/C22H22F2N6O/c1-12(2)22(31-3)28-21(25)18-10-26-19-7-4-13(11-30(18)19)16-9-27-29-20(16)15-6-5-14(23)8-17(15)24/h4-12,20,25,27,29H,1-3H3/b25-21?,28-22-. The van der Waals surface area contributed by atoms with Crippen molar-refractivity contribution < 1.29 is 13.5 Å². The third-order valence-electron chi connectivity index (χ3n) is 5.05. The van der Waals surface area contributed by atoms with E-state index in [0.29, 0.717) is 22.8 Å². The van der Waals surface area contributed by atoms with Gasteiger partial charge in [0.15, 0.2) is 11.7 Å². The molecule has 1 aliphatic heterocycles. The van der Waals surface area contributed by atoms with Crippen LogP contribution in [-0.2, 0) is 4.74 Å². The number of fused-ring (bicyclic) bond motifs is 1. The second-order valence-electron chi connectivity index (χ2n) is 7.43. The molecule has 0 aliphatic carbocycles. The molecule has 1 aromatic carbocycles. The molecule has 3 aromatic rings. The lowest BCUT2D eigenvalue weighted by molar-refractivity contribution is 0.376. The number of benzene rings is 1. The maximum Gasteiger partial charge on any atom is 0.192 e. The van der Waals surface area contributed by atoms with Crippen molar-refractivity contribution in [3.05, 3.63) is 77.4 Å². The quantitative estimate of drug-likeness (QED) is 0.439. The summed E-state index contributed by atoms with van der Waals surface area (Å²) in [5, 5.41) is 8.41. The lowest BCUT2D eigenvalue weighted by Gasteiger charge is -2.16. The van der Waals surface area contributed by atoms with Gasteiger partial charge in [-0.2, -0.15) is 4.99 Å². The highest BCUT2D eigenvalue weighted by molar-refractivity contribution is 6.03. The van der Waals surface area contributed by atoms with E-state index in [1.54, 1.807) is 16.8 Å². The minimum Gasteiger partial charge on any atom is -0.484 e. The first-order valence-electron chi connectivity index (χ1n) is 9.74. The molecule has 2 aromatic heterocycles. The average Bonchev–Trinajstić information content (AvgIpc) is 3.38. The number of hydrogen-bond acceptors (Lipinski definition) is 5. The van der Waals surface area contributed by atoms with Crippen LogP contribution in [-0.4, -0.2) is 28.2 Å². The van der Waals surface area contributed by atoms with Crippen molar-refractivity contribution in [3.8, 4) is 0 Å². The predicted molar refractivity (Wildman–Crippen MR) is 115 cm³/mol. The van der Waals surface area contributed by atoms with E-state index in [1.807, 2.05) is 32.2 Å². The van der Waals surface area contributed by atoms with Gasteiger partial charge in [0.1, 0.15) is 23.0 Å². The molecular weight excluding hydrogens is 402 g/mol. The van der Waals surface area contributed by atoms with E-state index in [-0.39, 0.29) is 11.8 Å². The average molecular weight is 424 g/mol. The molecule has 31 heavy (non-hydrogen) atoms. The summed E-state index contributed by atoms with van der Waals surface area (Å²) in [4.78, 5) is 8.64. The summed E-state index contributed by atoms with van der Waals surface area (Å²) in [6.45, 7) is 3.87. The molecule has 7 nitrogen and oxygen atoms in total. The smallest absolute Gasteiger partial charge is 0.192 e. The highest BCUT2D eigenvalue weighted by Gasteiger charge is 2.26. The van der Waals surface area contributed by atoms with Gasteiger partial charge in [0, 0.05) is 35.5 Å². The summed E-state index contributed by atoms with van der Waals surface area (Å²) in [6, 6.07) is 6.69. The summed E-state index contributed by atoms with van der Waals surface area (Å²) >= 11 is 0. The van der Waals surface area contributed by atoms with E-state index < -0.39 is 17.7 Å². The maximum absolute atomic E-state index is 14.4. The van der Waals surface area contributed by atoms with Gasteiger partial charge in [0.05, 0.1) is 19.3 Å². The number of nitrogens with zero attached hydrogens (tertiary/aromatic N) is 3. The normalized spacial score (nSPS) is 16.5. The molecule has 1 unspecified atom stereocenters. The minimum atomic E-state index is -0.631. The topological polar surface area (TPSA) is 86.8 Å². The van der Waals surface area contributed by atoms with Crippen molar-refractivity contribution in [2.45, 2.75) is 19.9 Å². The molecule has 0 spiro atoms. The van der Waals surface area contributed by atoms with Crippen molar-refractivity contribution >= 4 is 23.0 Å². The van der Waals surface area contributed by atoms with E-state index in [2.05, 4.69) is 20.8 Å². The van der Waals surface area contributed by atoms with Gasteiger partial charge in [-0.1, -0.05) is 19.9 Å². The fraction of sp³-hybridized carbons (Fsp3) is 0.227. The van der Waals surface area contributed by atoms with Gasteiger partial charge in [0.2, 0.25) is 0 Å². The lowest BCUT2D eigenvalue weighted by atomic mass is 9.95. The summed E-state index contributed by atoms with van der Waals surface area (Å²) in [6.07, 6.45) is 5.13. The molecule has 0 radical (unpaired) electrons. The van der Waals surface area contributed by atoms with Crippen LogP contribution in [0.5, 0.6) is 0 Å². The van der Waals surface area contributed by atoms with Crippen LogP contribution in [0.1, 0.15) is 36.7 Å². The van der Waals surface area contributed by atoms with Crippen molar-refractivity contribution in [2.75, 3.05) is 7.11 Å². The summed E-state index contributed by atoms with van der Waals surface area (Å²) in [5.41, 5.74) is 8.92. The van der Waals surface area contributed by atoms with Crippen LogP contribution in [0.2, 0.25) is 0 Å². The molecule has 0 fully saturated rings. The van der Waals surface area contributed by atoms with Crippen LogP contribution < -0.4 is 10.9 Å². The van der Waals surface area contributed by atoms with Crippen molar-refractivity contribution in [3.63, 3.8) is 0 Å². The van der Waals surface area contributed by atoms with Crippen molar-refractivity contribution in [1.29, 1.82) is 5.41 Å². The molecule has 0 saturated carbocycles. The monoisotopic (exact) mass is 424 g/mol. The summed E-state index contributed by atoms with van der Waals surface area (Å²) in [5.74, 6) is -0.749. The lowest BCUT2D eigenvalue weighted by Crippen LogP contribution is -2.25. The van der Waals surface area contributed by atoms with Gasteiger partial charge in [-0.05, 0) is 23.8 Å². The number of halogens is 2. The minimum absolute atomic E-state index is 0.0213. The van der Waals surface area contributed by atoms with E-state index in [4.69, 9.17) is 10.1 Å². The van der Waals surface area contributed by atoms with Gasteiger partial charge in [-0.15, -0.1) is 0 Å². The van der Waals surface area contributed by atoms with Crippen molar-refractivity contribution in [2.24, 2.45) is 10.9 Å². The molecule has 3 heterocycles. The molecule has 4 rings (SSSR count). The number of aromatic nitrogens is 2. The number of hydrogen-bond donors (Lipinski definition) is 3. The molecule has 3 N–H and O–H groups in total. The Bertz CT molecular complexity index is 1210. The Morgan fingerprint density at radius 1 is 1.26 bits per heavy atom. The molecule has 0 saturated heterocycles. The Labute approximate surface area is 178 Å². The van der Waals surface area contributed by atoms with Crippen LogP contribution in [0.3, 0.4) is 0 Å². The molecular formula is C22H22F2N6O. The summed E-state index contributed by atoms with van der Waals surface area (Å²) in [7, 11) is 1.53. The van der Waals surface area contributed by atoms with Gasteiger partial charge in [-0.3, -0.25) is 9.81 Å². The molecule has 0 bridgehead atoms. The molecule has 1 aliphatic rings. The highest BCUT2D eigenvalue weighted by Crippen LogP contribution is 2.33. The molecule has 0 amide bonds. The zero-order chi connectivity index (χ0) is 22.1. The maximum atomic E-state index is 14.4. The van der Waals surface area contributed by atoms with Crippen LogP contribution in [0, 0.1) is 23.0 Å². The fourth-order valence-corrected chi connectivity index (χ4v) is 3.50. The first kappa shape index (κ1) is 20.7. The zero-order valence-electron chi connectivity index (χ0n) is 17.3. The number of pyridine rings is 1. The number of rotatable bonds is 4. The Morgan fingerprint density at radius 3 is 2.77 bits per heavy atom. The van der Waals surface area contributed by atoms with E-state index in [0.717, 1.165) is 17.2 Å². The second-order valence-corrected chi connectivity index (χ2v) is 7.43. The third-order valence-corrected chi connectivity index (χ3v) is 5.05. The fourth-order valence-electron chi connectivity index (χ4n) is 3.50. The summed E-state index contributed by atoms with van der Waals surface area (Å²) < 4.78 is 34.7. The number of hydrazine groups is 1. The van der Waals surface area contributed by atoms with Crippen molar-refractivity contribution in [1.82, 2.24) is 20.2 Å². The number of amidine groups is 1. The van der Waals surface area contributed by atoms with E-state index in [1.165, 1.54) is 19.2 Å². The SMILES string of the molecule is CO/C(=N\C(=N)c1cnc2ccc(C3=CNNC3c3ccc(F)cc3F)cn12)C(C)C. The Hall–Kier alpha value is -3.59. The van der Waals surface area contributed by atoms with Gasteiger partial charge in [0.25, 0.3) is 0 Å². The zero-order valence-corrected chi connectivity index (χ0v) is 17.3. The molecule has 1 atom stereocenters. The molecule has 160 valence electrons. The number of ether oxygens (including phenoxy) is 1. The first-order valence-corrected chi connectivity index (χ1v) is 9.74. The van der Waals surface area contributed by atoms with Gasteiger partial charge < -0.3 is 10.2 Å². The Kier molecular flexibility index (Phi) is 5.51. The third kappa shape index (κ3) is 3.91. The highest BCUT2D eigenvalue weighted by atomic mass is 19.1. The van der Waals surface area contributed by atoms with Crippen LogP contribution >= 0.6 is 0 Å². The van der Waals surface area contributed by atoms with E-state index >= 15 is 0 Å². The number of methoxy groups -OCH3 is 1. The van der Waals surface area contributed by atoms with Crippen LogP contribution in [0.4, 0.5) is 8.78 Å².